The van der Waals surface area contributed by atoms with Crippen molar-refractivity contribution in [1.82, 2.24) is 9.55 Å². The minimum absolute atomic E-state index is 0.198. The van der Waals surface area contributed by atoms with Crippen LogP contribution in [0.4, 0.5) is 0 Å². The number of hydrogen-bond acceptors (Lipinski definition) is 5. The molecular weight excluding hydrogens is 380 g/mol. The van der Waals surface area contributed by atoms with Crippen LogP contribution in [0.5, 0.6) is 5.75 Å². The number of rotatable bonds is 5. The molecule has 0 aliphatic carbocycles. The summed E-state index contributed by atoms with van der Waals surface area (Å²) in [7, 11) is -1.60. The minimum atomic E-state index is -3.39. The van der Waals surface area contributed by atoms with Gasteiger partial charge in [0, 0.05) is 54.7 Å². The first-order valence-electron chi connectivity index (χ1n) is 9.06. The van der Waals surface area contributed by atoms with Gasteiger partial charge in [0.05, 0.1) is 18.1 Å². The fraction of sp³-hybridized carbons (Fsp3) is 0.350. The first kappa shape index (κ1) is 18.8. The Kier molecular flexibility index (Phi) is 4.76. The average molecular weight is 402 g/mol. The summed E-state index contributed by atoms with van der Waals surface area (Å²) in [5.41, 5.74) is 1.73. The number of aromatic nitrogens is 2. The molecule has 1 aliphatic heterocycles. The number of aromatic amines is 1. The molecule has 148 valence electrons. The van der Waals surface area contributed by atoms with Crippen molar-refractivity contribution in [3.8, 4) is 16.9 Å². The summed E-state index contributed by atoms with van der Waals surface area (Å²) in [6.07, 6.45) is 5.54. The van der Waals surface area contributed by atoms with Gasteiger partial charge in [0.1, 0.15) is 11.3 Å². The first-order chi connectivity index (χ1) is 13.3. The molecule has 0 bridgehead atoms. The summed E-state index contributed by atoms with van der Waals surface area (Å²) in [5.74, 6) is 0.907. The van der Waals surface area contributed by atoms with Crippen molar-refractivity contribution < 1.29 is 17.9 Å². The molecule has 4 rings (SSSR count). The third kappa shape index (κ3) is 3.45. The van der Waals surface area contributed by atoms with E-state index in [9.17, 15) is 13.2 Å². The normalized spacial score (nSPS) is 17.3. The molecule has 0 radical (unpaired) electrons. The Bertz CT molecular complexity index is 1190. The Balaban J connectivity index is 1.85. The molecule has 1 fully saturated rings. The van der Waals surface area contributed by atoms with Gasteiger partial charge >= 0.3 is 0 Å². The second-order valence-electron chi connectivity index (χ2n) is 7.19. The molecule has 8 heteroatoms. The lowest BCUT2D eigenvalue weighted by molar-refractivity contribution is 0.167. The number of hydrogen-bond donors (Lipinski definition) is 1. The topological polar surface area (TPSA) is 90.4 Å². The van der Waals surface area contributed by atoms with Gasteiger partial charge in [-0.15, -0.1) is 0 Å². The lowest BCUT2D eigenvalue weighted by Gasteiger charge is -2.15. The highest BCUT2D eigenvalue weighted by atomic mass is 32.2. The Morgan fingerprint density at radius 2 is 2.11 bits per heavy atom. The van der Waals surface area contributed by atoms with E-state index in [4.69, 9.17) is 9.47 Å². The quantitative estimate of drug-likeness (QED) is 0.708. The van der Waals surface area contributed by atoms with Crippen LogP contribution in [0.3, 0.4) is 0 Å². The van der Waals surface area contributed by atoms with Crippen molar-refractivity contribution in [3.05, 3.63) is 47.0 Å². The number of aryl methyl sites for hydroxylation is 1. The highest BCUT2D eigenvalue weighted by molar-refractivity contribution is 7.90. The van der Waals surface area contributed by atoms with Crippen LogP contribution in [0.1, 0.15) is 6.42 Å². The maximum atomic E-state index is 12.2. The van der Waals surface area contributed by atoms with Crippen molar-refractivity contribution in [2.75, 3.05) is 26.1 Å². The number of sulfone groups is 1. The standard InChI is InChI=1S/C20H22N2O5S/c1-22-10-17(15-5-7-21-20(23)19(15)22)16-9-14(28(2,24)25)3-4-18(16)27-12-13-6-8-26-11-13/h3-5,7,9-10,13H,6,8,11-12H2,1-2H3,(H,21,23). The third-order valence-corrected chi connectivity index (χ3v) is 6.18. The van der Waals surface area contributed by atoms with E-state index in [0.717, 1.165) is 24.0 Å². The number of pyridine rings is 1. The maximum absolute atomic E-state index is 12.2. The Labute approximate surface area is 162 Å². The lowest BCUT2D eigenvalue weighted by Crippen LogP contribution is -2.12. The molecule has 1 N–H and O–H groups in total. The van der Waals surface area contributed by atoms with Crippen LogP contribution in [-0.2, 0) is 21.6 Å². The second-order valence-corrected chi connectivity index (χ2v) is 9.21. The van der Waals surface area contributed by atoms with Crippen LogP contribution in [0.25, 0.3) is 22.0 Å². The highest BCUT2D eigenvalue weighted by Crippen LogP contribution is 2.37. The number of nitrogens with zero attached hydrogens (tertiary/aromatic N) is 1. The van der Waals surface area contributed by atoms with Crippen LogP contribution >= 0.6 is 0 Å². The van der Waals surface area contributed by atoms with Crippen molar-refractivity contribution in [3.63, 3.8) is 0 Å². The summed E-state index contributed by atoms with van der Waals surface area (Å²) in [6, 6.07) is 6.67. The van der Waals surface area contributed by atoms with Gasteiger partial charge in [-0.1, -0.05) is 0 Å². The largest absolute Gasteiger partial charge is 0.493 e. The smallest absolute Gasteiger partial charge is 0.272 e. The fourth-order valence-corrected chi connectivity index (χ4v) is 4.23. The predicted molar refractivity (Wildman–Crippen MR) is 107 cm³/mol. The van der Waals surface area contributed by atoms with Gasteiger partial charge in [0.25, 0.3) is 5.56 Å². The van der Waals surface area contributed by atoms with Crippen molar-refractivity contribution in [1.29, 1.82) is 0 Å². The summed E-state index contributed by atoms with van der Waals surface area (Å²) in [5, 5.41) is 0.742. The molecule has 1 aromatic carbocycles. The third-order valence-electron chi connectivity index (χ3n) is 5.07. The molecule has 1 atom stereocenters. The molecule has 0 saturated carbocycles. The van der Waals surface area contributed by atoms with E-state index >= 15 is 0 Å². The zero-order valence-electron chi connectivity index (χ0n) is 15.8. The molecule has 1 unspecified atom stereocenters. The molecule has 1 aliphatic rings. The summed E-state index contributed by atoms with van der Waals surface area (Å²) in [4.78, 5) is 15.1. The summed E-state index contributed by atoms with van der Waals surface area (Å²) < 4.78 is 37.4. The van der Waals surface area contributed by atoms with E-state index in [1.54, 1.807) is 36.0 Å². The van der Waals surface area contributed by atoms with Gasteiger partial charge in [0.15, 0.2) is 9.84 Å². The summed E-state index contributed by atoms with van der Waals surface area (Å²) in [6.45, 7) is 1.90. The first-order valence-corrected chi connectivity index (χ1v) is 11.0. The Morgan fingerprint density at radius 3 is 2.82 bits per heavy atom. The Hall–Kier alpha value is -2.58. The van der Waals surface area contributed by atoms with E-state index in [0.29, 0.717) is 36.0 Å². The molecule has 3 heterocycles. The van der Waals surface area contributed by atoms with E-state index in [1.807, 2.05) is 12.3 Å². The number of H-pyrrole nitrogens is 1. The predicted octanol–water partition coefficient (Wildman–Crippen LogP) is 2.35. The number of nitrogens with one attached hydrogen (secondary N) is 1. The zero-order chi connectivity index (χ0) is 19.9. The van der Waals surface area contributed by atoms with Gasteiger partial charge in [-0.25, -0.2) is 8.42 Å². The lowest BCUT2D eigenvalue weighted by atomic mass is 10.0. The minimum Gasteiger partial charge on any atom is -0.493 e. The molecule has 0 spiro atoms. The number of fused-ring (bicyclic) bond motifs is 1. The van der Waals surface area contributed by atoms with Crippen LogP contribution in [0.2, 0.25) is 0 Å². The van der Waals surface area contributed by atoms with E-state index in [-0.39, 0.29) is 10.5 Å². The van der Waals surface area contributed by atoms with E-state index < -0.39 is 9.84 Å². The van der Waals surface area contributed by atoms with Gasteiger partial charge in [-0.3, -0.25) is 4.79 Å². The molecular formula is C20H22N2O5S. The van der Waals surface area contributed by atoms with Crippen molar-refractivity contribution in [2.45, 2.75) is 11.3 Å². The van der Waals surface area contributed by atoms with Crippen LogP contribution in [0, 0.1) is 5.92 Å². The van der Waals surface area contributed by atoms with Crippen molar-refractivity contribution in [2.24, 2.45) is 13.0 Å². The molecule has 7 nitrogen and oxygen atoms in total. The van der Waals surface area contributed by atoms with Gasteiger partial charge in [-0.05, 0) is 30.7 Å². The molecule has 2 aromatic heterocycles. The van der Waals surface area contributed by atoms with Crippen LogP contribution < -0.4 is 10.3 Å². The van der Waals surface area contributed by atoms with Gasteiger partial charge < -0.3 is 19.0 Å². The number of ether oxygens (including phenoxy) is 2. The van der Waals surface area contributed by atoms with Crippen LogP contribution in [-0.4, -0.2) is 44.0 Å². The van der Waals surface area contributed by atoms with E-state index in [2.05, 4.69) is 4.98 Å². The SMILES string of the molecule is Cn1cc(-c2cc(S(C)(=O)=O)ccc2OCC2CCOC2)c2cc[nH]c(=O)c21. The number of benzene rings is 1. The van der Waals surface area contributed by atoms with Crippen LogP contribution in [0.15, 0.2) is 46.3 Å². The fourth-order valence-electron chi connectivity index (χ4n) is 3.58. The molecule has 3 aromatic rings. The maximum Gasteiger partial charge on any atom is 0.272 e. The molecule has 1 saturated heterocycles. The second kappa shape index (κ2) is 7.10. The highest BCUT2D eigenvalue weighted by Gasteiger charge is 2.21. The molecule has 0 amide bonds. The monoisotopic (exact) mass is 402 g/mol. The van der Waals surface area contributed by atoms with Gasteiger partial charge in [0.2, 0.25) is 0 Å². The average Bonchev–Trinajstić information content (AvgIpc) is 3.28. The van der Waals surface area contributed by atoms with Gasteiger partial charge in [-0.2, -0.15) is 0 Å². The summed E-state index contributed by atoms with van der Waals surface area (Å²) >= 11 is 0. The van der Waals surface area contributed by atoms with E-state index in [1.165, 1.54) is 6.26 Å². The Morgan fingerprint density at radius 1 is 1.29 bits per heavy atom. The molecule has 28 heavy (non-hydrogen) atoms. The van der Waals surface area contributed by atoms with Crippen molar-refractivity contribution >= 4 is 20.7 Å². The zero-order valence-corrected chi connectivity index (χ0v) is 16.6.